The van der Waals surface area contributed by atoms with Gasteiger partial charge in [0.05, 0.1) is 26.5 Å². The van der Waals surface area contributed by atoms with Gasteiger partial charge in [-0.25, -0.2) is 0 Å². The second-order valence-electron chi connectivity index (χ2n) is 5.83. The first-order valence-electron chi connectivity index (χ1n) is 8.73. The Morgan fingerprint density at radius 2 is 1.64 bits per heavy atom. The van der Waals surface area contributed by atoms with E-state index in [1.807, 2.05) is 36.4 Å². The summed E-state index contributed by atoms with van der Waals surface area (Å²) in [6, 6.07) is 18.4. The van der Waals surface area contributed by atoms with E-state index < -0.39 is 0 Å². The normalized spacial score (nSPS) is 10.2. The Morgan fingerprint density at radius 3 is 2.25 bits per heavy atom. The van der Waals surface area contributed by atoms with Crippen molar-refractivity contribution in [1.29, 1.82) is 0 Å². The van der Waals surface area contributed by atoms with Gasteiger partial charge in [0, 0.05) is 23.3 Å². The van der Waals surface area contributed by atoms with Crippen molar-refractivity contribution in [3.8, 4) is 28.6 Å². The van der Waals surface area contributed by atoms with Crippen LogP contribution in [0.25, 0.3) is 11.3 Å². The fourth-order valence-electron chi connectivity index (χ4n) is 2.52. The molecule has 0 unspecified atom stereocenters. The van der Waals surface area contributed by atoms with Crippen LogP contribution in [0.2, 0.25) is 0 Å². The lowest BCUT2D eigenvalue weighted by Gasteiger charge is -2.10. The van der Waals surface area contributed by atoms with Gasteiger partial charge in [0.15, 0.2) is 0 Å². The highest BCUT2D eigenvalue weighted by molar-refractivity contribution is 5.95. The molecule has 1 aromatic heterocycles. The van der Waals surface area contributed by atoms with Crippen molar-refractivity contribution in [1.82, 2.24) is 15.5 Å². The first-order valence-corrected chi connectivity index (χ1v) is 8.73. The van der Waals surface area contributed by atoms with Gasteiger partial charge in [0.25, 0.3) is 5.91 Å². The molecule has 7 nitrogen and oxygen atoms in total. The van der Waals surface area contributed by atoms with Gasteiger partial charge >= 0.3 is 0 Å². The summed E-state index contributed by atoms with van der Waals surface area (Å²) < 4.78 is 15.9. The van der Waals surface area contributed by atoms with Crippen LogP contribution in [0.15, 0.2) is 60.7 Å². The Labute approximate surface area is 163 Å². The highest BCUT2D eigenvalue weighted by Gasteiger charge is 2.09. The molecule has 0 aliphatic heterocycles. The fraction of sp³-hybridized carbons (Fsp3) is 0.190. The molecule has 7 heteroatoms. The van der Waals surface area contributed by atoms with Gasteiger partial charge in [-0.15, -0.1) is 10.2 Å². The van der Waals surface area contributed by atoms with Crippen LogP contribution in [-0.4, -0.2) is 43.5 Å². The highest BCUT2D eigenvalue weighted by atomic mass is 16.5. The van der Waals surface area contributed by atoms with Crippen LogP contribution in [0.3, 0.4) is 0 Å². The number of nitrogens with one attached hydrogen (secondary N) is 1. The summed E-state index contributed by atoms with van der Waals surface area (Å²) in [5, 5.41) is 11.0. The van der Waals surface area contributed by atoms with Crippen molar-refractivity contribution < 1.29 is 19.0 Å². The number of hydrogen-bond acceptors (Lipinski definition) is 6. The number of benzene rings is 2. The molecule has 0 bridgehead atoms. The molecule has 0 atom stereocenters. The molecule has 0 fully saturated rings. The van der Waals surface area contributed by atoms with E-state index in [-0.39, 0.29) is 12.5 Å². The van der Waals surface area contributed by atoms with Gasteiger partial charge < -0.3 is 19.5 Å². The van der Waals surface area contributed by atoms with E-state index in [9.17, 15) is 4.79 Å². The molecule has 0 saturated heterocycles. The number of amides is 1. The molecule has 0 aliphatic carbocycles. The largest absolute Gasteiger partial charge is 0.497 e. The minimum atomic E-state index is -0.244. The van der Waals surface area contributed by atoms with Gasteiger partial charge in [0.1, 0.15) is 18.1 Å². The van der Waals surface area contributed by atoms with Crippen LogP contribution in [0.5, 0.6) is 17.4 Å². The molecule has 28 heavy (non-hydrogen) atoms. The molecule has 1 N–H and O–H groups in total. The topological polar surface area (TPSA) is 82.6 Å². The molecule has 0 radical (unpaired) electrons. The molecular weight excluding hydrogens is 358 g/mol. The minimum Gasteiger partial charge on any atom is -0.497 e. The fourth-order valence-corrected chi connectivity index (χ4v) is 2.52. The summed E-state index contributed by atoms with van der Waals surface area (Å²) in [5.41, 5.74) is 2.21. The summed E-state index contributed by atoms with van der Waals surface area (Å²) in [6.45, 7) is 0.590. The molecule has 3 aromatic rings. The second kappa shape index (κ2) is 9.36. The number of nitrogens with zero attached hydrogens (tertiary/aromatic N) is 2. The van der Waals surface area contributed by atoms with Crippen molar-refractivity contribution in [3.05, 3.63) is 66.2 Å². The van der Waals surface area contributed by atoms with Crippen LogP contribution in [0.4, 0.5) is 0 Å². The maximum Gasteiger partial charge on any atom is 0.251 e. The SMILES string of the molecule is COc1cc(OC)cc(C(=O)NCCOc2ccc(-c3ccccc3)nn2)c1. The Hall–Kier alpha value is -3.61. The first-order chi connectivity index (χ1) is 13.7. The summed E-state index contributed by atoms with van der Waals surface area (Å²) in [6.07, 6.45) is 0. The third-order valence-electron chi connectivity index (χ3n) is 3.96. The van der Waals surface area contributed by atoms with Crippen LogP contribution in [0, 0.1) is 0 Å². The van der Waals surface area contributed by atoms with E-state index in [2.05, 4.69) is 15.5 Å². The van der Waals surface area contributed by atoms with Gasteiger partial charge in [-0.3, -0.25) is 4.79 Å². The van der Waals surface area contributed by atoms with E-state index >= 15 is 0 Å². The van der Waals surface area contributed by atoms with Gasteiger partial charge in [0.2, 0.25) is 5.88 Å². The second-order valence-corrected chi connectivity index (χ2v) is 5.83. The standard InChI is InChI=1S/C21H21N3O4/c1-26-17-12-16(13-18(14-17)27-2)21(25)22-10-11-28-20-9-8-19(23-24-20)15-6-4-3-5-7-15/h3-9,12-14H,10-11H2,1-2H3,(H,22,25). The van der Waals surface area contributed by atoms with E-state index in [1.54, 1.807) is 24.3 Å². The number of carbonyl (C=O) groups excluding carboxylic acids is 1. The quantitative estimate of drug-likeness (QED) is 0.606. The molecule has 1 heterocycles. The van der Waals surface area contributed by atoms with Crippen molar-refractivity contribution in [2.45, 2.75) is 0 Å². The van der Waals surface area contributed by atoms with E-state index in [1.165, 1.54) is 14.2 Å². The zero-order valence-corrected chi connectivity index (χ0v) is 15.7. The van der Waals surface area contributed by atoms with Crippen LogP contribution >= 0.6 is 0 Å². The third kappa shape index (κ3) is 4.97. The van der Waals surface area contributed by atoms with Crippen molar-refractivity contribution in [2.75, 3.05) is 27.4 Å². The Bertz CT molecular complexity index is 892. The molecule has 0 aliphatic rings. The smallest absolute Gasteiger partial charge is 0.251 e. The summed E-state index contributed by atoms with van der Waals surface area (Å²) in [4.78, 5) is 12.3. The third-order valence-corrected chi connectivity index (χ3v) is 3.96. The number of ether oxygens (including phenoxy) is 3. The van der Waals surface area contributed by atoms with E-state index in [0.717, 1.165) is 11.3 Å². The Kier molecular flexibility index (Phi) is 6.41. The molecule has 1 amide bonds. The average Bonchev–Trinajstić information content (AvgIpc) is 2.77. The van der Waals surface area contributed by atoms with Crippen molar-refractivity contribution >= 4 is 5.91 Å². The number of aromatic nitrogens is 2. The maximum atomic E-state index is 12.3. The molecule has 0 spiro atoms. The van der Waals surface area contributed by atoms with Gasteiger partial charge in [-0.2, -0.15) is 0 Å². The molecule has 0 saturated carbocycles. The average molecular weight is 379 g/mol. The van der Waals surface area contributed by atoms with E-state index in [0.29, 0.717) is 29.5 Å². The van der Waals surface area contributed by atoms with Crippen molar-refractivity contribution in [3.63, 3.8) is 0 Å². The zero-order chi connectivity index (χ0) is 19.8. The Balaban J connectivity index is 1.50. The van der Waals surface area contributed by atoms with Crippen molar-refractivity contribution in [2.24, 2.45) is 0 Å². The predicted octanol–water partition coefficient (Wildman–Crippen LogP) is 2.97. The lowest BCUT2D eigenvalue weighted by molar-refractivity contribution is 0.0946. The van der Waals surface area contributed by atoms with Crippen LogP contribution < -0.4 is 19.5 Å². The van der Waals surface area contributed by atoms with Gasteiger partial charge in [-0.05, 0) is 18.2 Å². The first kappa shape index (κ1) is 19.2. The summed E-state index contributed by atoms with van der Waals surface area (Å²) in [5.74, 6) is 1.26. The maximum absolute atomic E-state index is 12.3. The number of carbonyl (C=O) groups is 1. The lowest BCUT2D eigenvalue weighted by Crippen LogP contribution is -2.28. The number of hydrogen-bond donors (Lipinski definition) is 1. The molecule has 3 rings (SSSR count). The van der Waals surface area contributed by atoms with Crippen LogP contribution in [-0.2, 0) is 0 Å². The zero-order valence-electron chi connectivity index (χ0n) is 15.7. The monoisotopic (exact) mass is 379 g/mol. The Morgan fingerprint density at radius 1 is 0.929 bits per heavy atom. The summed E-state index contributed by atoms with van der Waals surface area (Å²) >= 11 is 0. The van der Waals surface area contributed by atoms with E-state index in [4.69, 9.17) is 14.2 Å². The number of methoxy groups -OCH3 is 2. The molecule has 2 aromatic carbocycles. The molecule has 144 valence electrons. The predicted molar refractivity (Wildman–Crippen MR) is 105 cm³/mol. The van der Waals surface area contributed by atoms with Crippen LogP contribution in [0.1, 0.15) is 10.4 Å². The minimum absolute atomic E-state index is 0.244. The lowest BCUT2D eigenvalue weighted by atomic mass is 10.1. The number of rotatable bonds is 8. The summed E-state index contributed by atoms with van der Waals surface area (Å²) in [7, 11) is 3.07. The molecular formula is C21H21N3O4. The van der Waals surface area contributed by atoms with Gasteiger partial charge in [-0.1, -0.05) is 30.3 Å². The highest BCUT2D eigenvalue weighted by Crippen LogP contribution is 2.22.